The highest BCUT2D eigenvalue weighted by Gasteiger charge is 1.86. The van der Waals surface area contributed by atoms with Gasteiger partial charge in [-0.2, -0.15) is 0 Å². The van der Waals surface area contributed by atoms with Crippen molar-refractivity contribution in [2.24, 2.45) is 0 Å². The molecular formula is C14H14. The lowest BCUT2D eigenvalue weighted by atomic mass is 10.1. The molecule has 1 aromatic carbocycles. The van der Waals surface area contributed by atoms with E-state index in [9.17, 15) is 0 Å². The molecule has 1 rings (SSSR count). The molecule has 0 spiro atoms. The number of allylic oxidation sites excluding steroid dienone is 1. The minimum absolute atomic E-state index is 0.762. The Balaban J connectivity index is 2.27. The van der Waals surface area contributed by atoms with E-state index in [0.717, 1.165) is 19.3 Å². The molecule has 0 fully saturated rings. The Hall–Kier alpha value is -1.70. The summed E-state index contributed by atoms with van der Waals surface area (Å²) in [5.41, 5.74) is 4.05. The molecule has 0 unspecified atom stereocenters. The van der Waals surface area contributed by atoms with Gasteiger partial charge in [0.2, 0.25) is 0 Å². The number of hydrogen-bond donors (Lipinski definition) is 0. The van der Waals surface area contributed by atoms with Gasteiger partial charge in [-0.05, 0) is 18.1 Å². The lowest BCUT2D eigenvalue weighted by Crippen LogP contribution is -1.81. The molecule has 0 nitrogen and oxygen atoms in total. The molecule has 0 aliphatic heterocycles. The van der Waals surface area contributed by atoms with Crippen LogP contribution in [0.25, 0.3) is 0 Å². The van der Waals surface area contributed by atoms with Crippen molar-refractivity contribution in [3.63, 3.8) is 0 Å². The second-order valence-electron chi connectivity index (χ2n) is 2.95. The van der Waals surface area contributed by atoms with Crippen molar-refractivity contribution < 1.29 is 0 Å². The molecule has 0 saturated heterocycles. The fraction of sp³-hybridized carbons (Fsp3) is 0.214. The first-order valence-corrected chi connectivity index (χ1v) is 4.77. The summed E-state index contributed by atoms with van der Waals surface area (Å²) in [7, 11) is 0. The molecular weight excluding hydrogens is 168 g/mol. The second kappa shape index (κ2) is 6.78. The molecule has 14 heavy (non-hydrogen) atoms. The highest BCUT2D eigenvalue weighted by molar-refractivity contribution is 5.16. The molecule has 0 bridgehead atoms. The van der Waals surface area contributed by atoms with Crippen LogP contribution in [0.4, 0.5) is 0 Å². The molecule has 0 aliphatic rings. The maximum Gasteiger partial charge on any atom is 0.0344 e. The Bertz CT molecular complexity index is 356. The number of benzene rings is 1. The summed E-state index contributed by atoms with van der Waals surface area (Å²) in [4.78, 5) is 0. The average Bonchev–Trinajstić information content (AvgIpc) is 2.25. The topological polar surface area (TPSA) is 0 Å². The molecule has 0 aliphatic carbocycles. The average molecular weight is 182 g/mol. The van der Waals surface area contributed by atoms with Gasteiger partial charge in [0.05, 0.1) is 0 Å². The first kappa shape index (κ1) is 10.4. The third-order valence-electron chi connectivity index (χ3n) is 1.85. The van der Waals surface area contributed by atoms with Crippen LogP contribution in [0.2, 0.25) is 0 Å². The van der Waals surface area contributed by atoms with Crippen molar-refractivity contribution in [3.05, 3.63) is 54.3 Å². The first-order chi connectivity index (χ1) is 6.93. The molecule has 0 saturated carbocycles. The minimum atomic E-state index is 0.762. The van der Waals surface area contributed by atoms with E-state index in [2.05, 4.69) is 48.4 Å². The second-order valence-corrected chi connectivity index (χ2v) is 2.95. The van der Waals surface area contributed by atoms with Gasteiger partial charge in [-0.25, -0.2) is 0 Å². The van der Waals surface area contributed by atoms with E-state index in [4.69, 9.17) is 0 Å². The zero-order chi connectivity index (χ0) is 10.1. The van der Waals surface area contributed by atoms with Crippen LogP contribution in [0.1, 0.15) is 18.4 Å². The summed E-state index contributed by atoms with van der Waals surface area (Å²) in [6.07, 6.45) is 4.56. The van der Waals surface area contributed by atoms with Crippen LogP contribution in [-0.4, -0.2) is 0 Å². The van der Waals surface area contributed by atoms with Gasteiger partial charge in [0.25, 0.3) is 0 Å². The van der Waals surface area contributed by atoms with Gasteiger partial charge in [-0.1, -0.05) is 42.8 Å². The predicted octanol–water partition coefficient (Wildman–Crippen LogP) is 3.35. The fourth-order valence-electron chi connectivity index (χ4n) is 1.14. The van der Waals surface area contributed by atoms with E-state index in [1.54, 1.807) is 0 Å². The first-order valence-electron chi connectivity index (χ1n) is 4.77. The van der Waals surface area contributed by atoms with Crippen LogP contribution in [0.5, 0.6) is 0 Å². The maximum absolute atomic E-state index is 3.48. The lowest BCUT2D eigenvalue weighted by Gasteiger charge is -1.94. The summed E-state index contributed by atoms with van der Waals surface area (Å²) in [6.45, 7) is 3.48. The summed E-state index contributed by atoms with van der Waals surface area (Å²) < 4.78 is 0. The SMILES string of the molecule is C=C=CCC#CCCc1ccccc1. The molecule has 0 N–H and O–H groups in total. The van der Waals surface area contributed by atoms with Crippen molar-refractivity contribution in [3.8, 4) is 11.8 Å². The van der Waals surface area contributed by atoms with Crippen LogP contribution in [0.3, 0.4) is 0 Å². The number of aryl methyl sites for hydroxylation is 1. The predicted molar refractivity (Wildman–Crippen MR) is 60.9 cm³/mol. The Labute approximate surface area is 86.0 Å². The quantitative estimate of drug-likeness (QED) is 0.496. The minimum Gasteiger partial charge on any atom is -0.132 e. The third kappa shape index (κ3) is 4.36. The molecule has 0 radical (unpaired) electrons. The van der Waals surface area contributed by atoms with Crippen molar-refractivity contribution in [2.75, 3.05) is 0 Å². The third-order valence-corrected chi connectivity index (χ3v) is 1.85. The van der Waals surface area contributed by atoms with Crippen molar-refractivity contribution in [1.82, 2.24) is 0 Å². The molecule has 0 aromatic heterocycles. The Kier molecular flexibility index (Phi) is 5.03. The largest absolute Gasteiger partial charge is 0.132 e. The van der Waals surface area contributed by atoms with Gasteiger partial charge >= 0.3 is 0 Å². The molecule has 0 heteroatoms. The molecule has 0 heterocycles. The highest BCUT2D eigenvalue weighted by atomic mass is 13.9. The zero-order valence-electron chi connectivity index (χ0n) is 8.29. The zero-order valence-corrected chi connectivity index (χ0v) is 8.29. The van der Waals surface area contributed by atoms with Crippen molar-refractivity contribution in [1.29, 1.82) is 0 Å². The van der Waals surface area contributed by atoms with E-state index in [-0.39, 0.29) is 0 Å². The summed E-state index contributed by atoms with van der Waals surface area (Å²) in [5, 5.41) is 0. The van der Waals surface area contributed by atoms with E-state index in [1.165, 1.54) is 5.56 Å². The van der Waals surface area contributed by atoms with Gasteiger partial charge in [-0.3, -0.25) is 0 Å². The van der Waals surface area contributed by atoms with Crippen LogP contribution < -0.4 is 0 Å². The summed E-state index contributed by atoms with van der Waals surface area (Å²) in [5.74, 6) is 6.17. The van der Waals surface area contributed by atoms with Gasteiger partial charge in [0.1, 0.15) is 0 Å². The van der Waals surface area contributed by atoms with Gasteiger partial charge in [0, 0.05) is 12.8 Å². The Morgan fingerprint density at radius 3 is 2.64 bits per heavy atom. The van der Waals surface area contributed by atoms with Crippen LogP contribution in [0, 0.1) is 11.8 Å². The Morgan fingerprint density at radius 1 is 1.14 bits per heavy atom. The van der Waals surface area contributed by atoms with E-state index >= 15 is 0 Å². The molecule has 70 valence electrons. The standard InChI is InChI=1S/C14H14/c1-2-3-4-5-6-8-11-14-12-9-7-10-13-14/h3,7,9-10,12-13H,1,4,8,11H2. The highest BCUT2D eigenvalue weighted by Crippen LogP contribution is 2.01. The van der Waals surface area contributed by atoms with Crippen LogP contribution >= 0.6 is 0 Å². The van der Waals surface area contributed by atoms with Gasteiger partial charge in [-0.15, -0.1) is 11.7 Å². The van der Waals surface area contributed by atoms with Crippen molar-refractivity contribution in [2.45, 2.75) is 19.3 Å². The van der Waals surface area contributed by atoms with Crippen LogP contribution in [-0.2, 0) is 6.42 Å². The monoisotopic (exact) mass is 182 g/mol. The van der Waals surface area contributed by atoms with Crippen molar-refractivity contribution >= 4 is 0 Å². The normalized spacial score (nSPS) is 8.29. The van der Waals surface area contributed by atoms with Gasteiger partial charge < -0.3 is 0 Å². The summed E-state index contributed by atoms with van der Waals surface area (Å²) >= 11 is 0. The fourth-order valence-corrected chi connectivity index (χ4v) is 1.14. The summed E-state index contributed by atoms with van der Waals surface area (Å²) in [6, 6.07) is 10.4. The van der Waals surface area contributed by atoms with Crippen LogP contribution in [0.15, 0.2) is 48.7 Å². The van der Waals surface area contributed by atoms with E-state index in [0.29, 0.717) is 0 Å². The maximum atomic E-state index is 3.48. The number of rotatable bonds is 3. The number of hydrogen-bond acceptors (Lipinski definition) is 0. The Morgan fingerprint density at radius 2 is 1.93 bits per heavy atom. The van der Waals surface area contributed by atoms with E-state index in [1.807, 2.05) is 12.1 Å². The van der Waals surface area contributed by atoms with E-state index < -0.39 is 0 Å². The molecule has 0 atom stereocenters. The molecule has 0 amide bonds. The van der Waals surface area contributed by atoms with Gasteiger partial charge in [0.15, 0.2) is 0 Å². The smallest absolute Gasteiger partial charge is 0.0344 e. The lowest BCUT2D eigenvalue weighted by molar-refractivity contribution is 1.03. The molecule has 1 aromatic rings.